The number of aliphatic carboxylic acids is 1. The van der Waals surface area contributed by atoms with E-state index in [1.54, 1.807) is 12.1 Å². The number of rotatable bonds is 5. The van der Waals surface area contributed by atoms with E-state index in [1.165, 1.54) is 6.07 Å². The molecule has 5 heteroatoms. The molecule has 0 fully saturated rings. The Morgan fingerprint density at radius 2 is 2.07 bits per heavy atom. The zero-order valence-corrected chi connectivity index (χ0v) is 8.10. The van der Waals surface area contributed by atoms with Crippen LogP contribution < -0.4 is 5.32 Å². The van der Waals surface area contributed by atoms with Crippen LogP contribution in [-0.4, -0.2) is 27.8 Å². The number of hydrogen-bond donors (Lipinski definition) is 4. The molecular formula is C10H13NO4. The highest BCUT2D eigenvalue weighted by Crippen LogP contribution is 2.27. The molecule has 0 atom stereocenters. The van der Waals surface area contributed by atoms with Crippen molar-refractivity contribution in [1.29, 1.82) is 0 Å². The van der Waals surface area contributed by atoms with Crippen molar-refractivity contribution in [2.45, 2.75) is 13.0 Å². The van der Waals surface area contributed by atoms with E-state index in [0.29, 0.717) is 18.7 Å². The third-order valence-corrected chi connectivity index (χ3v) is 1.93. The Balaban J connectivity index is 2.44. The fraction of sp³-hybridized carbons (Fsp3) is 0.300. The summed E-state index contributed by atoms with van der Waals surface area (Å²) in [5.41, 5.74) is 0.542. The molecule has 0 spiro atoms. The van der Waals surface area contributed by atoms with Gasteiger partial charge >= 0.3 is 5.97 Å². The van der Waals surface area contributed by atoms with Gasteiger partial charge in [0.1, 0.15) is 0 Å². The van der Waals surface area contributed by atoms with Gasteiger partial charge in [0.05, 0.1) is 6.42 Å². The zero-order valence-electron chi connectivity index (χ0n) is 8.10. The summed E-state index contributed by atoms with van der Waals surface area (Å²) < 4.78 is 0. The molecular weight excluding hydrogens is 198 g/mol. The molecule has 4 N–H and O–H groups in total. The predicted octanol–water partition coefficient (Wildman–Crippen LogP) is 0.662. The Morgan fingerprint density at radius 1 is 1.33 bits per heavy atom. The average molecular weight is 211 g/mol. The van der Waals surface area contributed by atoms with Gasteiger partial charge in [-0.3, -0.25) is 4.79 Å². The lowest BCUT2D eigenvalue weighted by atomic mass is 10.2. The first kappa shape index (κ1) is 11.3. The Bertz CT molecular complexity index is 351. The monoisotopic (exact) mass is 211 g/mol. The normalized spacial score (nSPS) is 10.1. The molecule has 0 amide bonds. The number of nitrogens with one attached hydrogen (secondary N) is 1. The Hall–Kier alpha value is -1.75. The third kappa shape index (κ3) is 3.47. The lowest BCUT2D eigenvalue weighted by Gasteiger charge is -2.06. The first-order valence-electron chi connectivity index (χ1n) is 4.53. The van der Waals surface area contributed by atoms with Gasteiger partial charge in [-0.1, -0.05) is 12.1 Å². The second-order valence-corrected chi connectivity index (χ2v) is 3.11. The first-order valence-corrected chi connectivity index (χ1v) is 4.53. The van der Waals surface area contributed by atoms with Crippen molar-refractivity contribution >= 4 is 5.97 Å². The van der Waals surface area contributed by atoms with Gasteiger partial charge in [-0.25, -0.2) is 0 Å². The molecule has 0 radical (unpaired) electrons. The quantitative estimate of drug-likeness (QED) is 0.424. The number of phenols is 2. The van der Waals surface area contributed by atoms with Gasteiger partial charge in [-0.05, 0) is 6.07 Å². The van der Waals surface area contributed by atoms with E-state index in [0.717, 1.165) is 0 Å². The van der Waals surface area contributed by atoms with Crippen molar-refractivity contribution in [3.63, 3.8) is 0 Å². The maximum absolute atomic E-state index is 10.2. The number of aromatic hydroxyl groups is 2. The molecule has 1 aromatic carbocycles. The van der Waals surface area contributed by atoms with E-state index in [9.17, 15) is 15.0 Å². The summed E-state index contributed by atoms with van der Waals surface area (Å²) in [5, 5.41) is 29.8. The molecule has 0 aromatic heterocycles. The maximum atomic E-state index is 10.2. The minimum Gasteiger partial charge on any atom is -0.504 e. The van der Waals surface area contributed by atoms with Crippen LogP contribution in [-0.2, 0) is 11.3 Å². The fourth-order valence-electron chi connectivity index (χ4n) is 1.14. The molecule has 1 rings (SSSR count). The second kappa shape index (κ2) is 5.21. The summed E-state index contributed by atoms with van der Waals surface area (Å²) in [5.74, 6) is -1.21. The Morgan fingerprint density at radius 3 is 2.73 bits per heavy atom. The maximum Gasteiger partial charge on any atom is 0.304 e. The number of benzene rings is 1. The summed E-state index contributed by atoms with van der Waals surface area (Å²) >= 11 is 0. The van der Waals surface area contributed by atoms with Crippen LogP contribution in [0.15, 0.2) is 18.2 Å². The van der Waals surface area contributed by atoms with Gasteiger partial charge in [0, 0.05) is 18.7 Å². The molecule has 15 heavy (non-hydrogen) atoms. The number of phenolic OH excluding ortho intramolecular Hbond substituents is 2. The largest absolute Gasteiger partial charge is 0.504 e. The molecule has 0 unspecified atom stereocenters. The summed E-state index contributed by atoms with van der Waals surface area (Å²) in [6.45, 7) is 0.651. The molecule has 0 heterocycles. The van der Waals surface area contributed by atoms with Gasteiger partial charge in [0.25, 0.3) is 0 Å². The first-order chi connectivity index (χ1) is 7.11. The number of carboxylic acids is 1. The lowest BCUT2D eigenvalue weighted by molar-refractivity contribution is -0.136. The van der Waals surface area contributed by atoms with Crippen LogP contribution in [0.1, 0.15) is 12.0 Å². The number of carboxylic acid groups (broad SMARTS) is 1. The van der Waals surface area contributed by atoms with Gasteiger partial charge in [-0.2, -0.15) is 0 Å². The molecule has 0 aliphatic rings. The Labute approximate surface area is 87.0 Å². The van der Waals surface area contributed by atoms with Crippen molar-refractivity contribution in [3.05, 3.63) is 23.8 Å². The molecule has 5 nitrogen and oxygen atoms in total. The van der Waals surface area contributed by atoms with E-state index in [2.05, 4.69) is 5.32 Å². The highest BCUT2D eigenvalue weighted by atomic mass is 16.4. The van der Waals surface area contributed by atoms with Crippen LogP contribution >= 0.6 is 0 Å². The highest BCUT2D eigenvalue weighted by Gasteiger charge is 2.04. The van der Waals surface area contributed by atoms with Crippen molar-refractivity contribution in [1.82, 2.24) is 5.32 Å². The Kier molecular flexibility index (Phi) is 3.93. The van der Waals surface area contributed by atoms with E-state index < -0.39 is 5.97 Å². The average Bonchev–Trinajstić information content (AvgIpc) is 2.18. The van der Waals surface area contributed by atoms with Crippen molar-refractivity contribution in [2.75, 3.05) is 6.54 Å². The standard InChI is InChI=1S/C10H13NO4/c12-8-3-1-2-7(10(8)15)6-11-5-4-9(13)14/h1-3,11-12,15H,4-6H2,(H,13,14). The van der Waals surface area contributed by atoms with Gasteiger partial charge in [-0.15, -0.1) is 0 Å². The van der Waals surface area contributed by atoms with Gasteiger partial charge in [0.2, 0.25) is 0 Å². The molecule has 0 bridgehead atoms. The van der Waals surface area contributed by atoms with Crippen molar-refractivity contribution in [2.24, 2.45) is 0 Å². The minimum atomic E-state index is -0.873. The van der Waals surface area contributed by atoms with E-state index >= 15 is 0 Å². The van der Waals surface area contributed by atoms with Crippen LogP contribution in [0.2, 0.25) is 0 Å². The molecule has 1 aromatic rings. The van der Waals surface area contributed by atoms with Crippen molar-refractivity contribution < 1.29 is 20.1 Å². The summed E-state index contributed by atoms with van der Waals surface area (Å²) in [6, 6.07) is 4.65. The lowest BCUT2D eigenvalue weighted by Crippen LogP contribution is -2.17. The summed E-state index contributed by atoms with van der Waals surface area (Å²) in [6.07, 6.45) is 0.0274. The molecule has 0 saturated heterocycles. The summed E-state index contributed by atoms with van der Waals surface area (Å²) in [4.78, 5) is 10.2. The van der Waals surface area contributed by atoms with E-state index in [1.807, 2.05) is 0 Å². The van der Waals surface area contributed by atoms with Crippen LogP contribution in [0.5, 0.6) is 11.5 Å². The van der Waals surface area contributed by atoms with Crippen molar-refractivity contribution in [3.8, 4) is 11.5 Å². The fourth-order valence-corrected chi connectivity index (χ4v) is 1.14. The molecule has 0 saturated carbocycles. The highest BCUT2D eigenvalue weighted by molar-refractivity contribution is 5.66. The van der Waals surface area contributed by atoms with E-state index in [4.69, 9.17) is 5.11 Å². The number of hydrogen-bond acceptors (Lipinski definition) is 4. The molecule has 0 aliphatic heterocycles. The topological polar surface area (TPSA) is 89.8 Å². The summed E-state index contributed by atoms with van der Waals surface area (Å²) in [7, 11) is 0. The number of para-hydroxylation sites is 1. The van der Waals surface area contributed by atoms with Crippen LogP contribution in [0, 0.1) is 0 Å². The second-order valence-electron chi connectivity index (χ2n) is 3.11. The molecule has 82 valence electrons. The smallest absolute Gasteiger partial charge is 0.304 e. The zero-order chi connectivity index (χ0) is 11.3. The third-order valence-electron chi connectivity index (χ3n) is 1.93. The molecule has 0 aliphatic carbocycles. The van der Waals surface area contributed by atoms with Gasteiger partial charge in [0.15, 0.2) is 11.5 Å². The van der Waals surface area contributed by atoms with Crippen LogP contribution in [0.3, 0.4) is 0 Å². The SMILES string of the molecule is O=C(O)CCNCc1cccc(O)c1O. The van der Waals surface area contributed by atoms with E-state index in [-0.39, 0.29) is 17.9 Å². The van der Waals surface area contributed by atoms with Gasteiger partial charge < -0.3 is 20.6 Å². The predicted molar refractivity (Wildman–Crippen MR) is 53.7 cm³/mol. The van der Waals surface area contributed by atoms with Crippen LogP contribution in [0.4, 0.5) is 0 Å². The minimum absolute atomic E-state index is 0.0274. The number of carbonyl (C=O) groups is 1. The van der Waals surface area contributed by atoms with Crippen LogP contribution in [0.25, 0.3) is 0 Å².